The Labute approximate surface area is 91.9 Å². The van der Waals surface area contributed by atoms with Crippen molar-refractivity contribution in [3.8, 4) is 6.07 Å². The van der Waals surface area contributed by atoms with Crippen LogP contribution in [0, 0.1) is 23.2 Å². The van der Waals surface area contributed by atoms with Gasteiger partial charge in [-0.15, -0.1) is 0 Å². The quantitative estimate of drug-likeness (QED) is 0.770. The van der Waals surface area contributed by atoms with E-state index in [9.17, 15) is 4.79 Å². The molecule has 0 spiro atoms. The number of nitrogens with zero attached hydrogens (tertiary/aromatic N) is 1. The van der Waals surface area contributed by atoms with Gasteiger partial charge in [0.2, 0.25) is 5.91 Å². The van der Waals surface area contributed by atoms with Crippen molar-refractivity contribution in [1.29, 1.82) is 5.26 Å². The second kappa shape index (κ2) is 5.75. The van der Waals surface area contributed by atoms with E-state index in [2.05, 4.69) is 18.3 Å². The molecule has 1 saturated carbocycles. The zero-order valence-electron chi connectivity index (χ0n) is 9.62. The molecule has 84 valence electrons. The average Bonchev–Trinajstić information content (AvgIpc) is 2.60. The van der Waals surface area contributed by atoms with Crippen LogP contribution in [-0.4, -0.2) is 11.9 Å². The van der Waals surface area contributed by atoms with Crippen LogP contribution in [0.25, 0.3) is 0 Å². The number of carbonyl (C=O) groups excluding carboxylic acids is 1. The molecule has 3 unspecified atom stereocenters. The lowest BCUT2D eigenvalue weighted by Crippen LogP contribution is -2.37. The summed E-state index contributed by atoms with van der Waals surface area (Å²) in [5.41, 5.74) is 0. The zero-order valence-corrected chi connectivity index (χ0v) is 9.62. The van der Waals surface area contributed by atoms with Crippen molar-refractivity contribution in [2.75, 3.05) is 0 Å². The molecule has 0 aromatic heterocycles. The molecule has 1 rings (SSSR count). The van der Waals surface area contributed by atoms with Crippen molar-refractivity contribution in [2.24, 2.45) is 11.8 Å². The second-order valence-electron chi connectivity index (χ2n) is 4.59. The van der Waals surface area contributed by atoms with Gasteiger partial charge in [0, 0.05) is 6.04 Å². The Kier molecular flexibility index (Phi) is 4.61. The highest BCUT2D eigenvalue weighted by Gasteiger charge is 2.25. The molecule has 1 N–H and O–H groups in total. The van der Waals surface area contributed by atoms with E-state index in [4.69, 9.17) is 5.26 Å². The van der Waals surface area contributed by atoms with Gasteiger partial charge in [0.25, 0.3) is 0 Å². The Morgan fingerprint density at radius 3 is 2.80 bits per heavy atom. The Hall–Kier alpha value is -1.04. The van der Waals surface area contributed by atoms with Gasteiger partial charge in [-0.2, -0.15) is 5.26 Å². The summed E-state index contributed by atoms with van der Waals surface area (Å²) in [5, 5.41) is 11.8. The smallest absolute Gasteiger partial charge is 0.237 e. The summed E-state index contributed by atoms with van der Waals surface area (Å²) in [6.45, 7) is 4.20. The molecule has 1 aliphatic carbocycles. The maximum atomic E-state index is 11.7. The molecule has 0 bridgehead atoms. The number of rotatable bonds is 4. The van der Waals surface area contributed by atoms with Crippen LogP contribution in [-0.2, 0) is 4.79 Å². The number of nitriles is 1. The van der Waals surface area contributed by atoms with Gasteiger partial charge in [0.05, 0.1) is 6.07 Å². The Balaban J connectivity index is 2.37. The molecular formula is C12H20N2O. The topological polar surface area (TPSA) is 52.9 Å². The number of hydrogen-bond acceptors (Lipinski definition) is 2. The van der Waals surface area contributed by atoms with Gasteiger partial charge >= 0.3 is 0 Å². The zero-order chi connectivity index (χ0) is 11.3. The summed E-state index contributed by atoms with van der Waals surface area (Å²) in [5.74, 6) is 0.186. The van der Waals surface area contributed by atoms with Crippen LogP contribution in [0.4, 0.5) is 0 Å². The van der Waals surface area contributed by atoms with E-state index >= 15 is 0 Å². The summed E-state index contributed by atoms with van der Waals surface area (Å²) in [4.78, 5) is 11.7. The monoisotopic (exact) mass is 208 g/mol. The Bertz CT molecular complexity index is 257. The van der Waals surface area contributed by atoms with Crippen molar-refractivity contribution < 1.29 is 4.79 Å². The first-order valence-electron chi connectivity index (χ1n) is 5.87. The number of carbonyl (C=O) groups is 1. The SMILES string of the molecule is CCCC(C#N)C(=O)NC1CCC(C)C1. The first kappa shape index (κ1) is 12.0. The fourth-order valence-electron chi connectivity index (χ4n) is 2.18. The second-order valence-corrected chi connectivity index (χ2v) is 4.59. The van der Waals surface area contributed by atoms with Crippen LogP contribution < -0.4 is 5.32 Å². The van der Waals surface area contributed by atoms with Gasteiger partial charge in [0.1, 0.15) is 5.92 Å². The molecule has 0 heterocycles. The fraction of sp³-hybridized carbons (Fsp3) is 0.833. The molecule has 1 fully saturated rings. The van der Waals surface area contributed by atoms with Crippen LogP contribution in [0.3, 0.4) is 0 Å². The van der Waals surface area contributed by atoms with Crippen LogP contribution in [0.5, 0.6) is 0 Å². The van der Waals surface area contributed by atoms with Crippen molar-refractivity contribution >= 4 is 5.91 Å². The third kappa shape index (κ3) is 3.54. The van der Waals surface area contributed by atoms with Crippen LogP contribution in [0.15, 0.2) is 0 Å². The summed E-state index contributed by atoms with van der Waals surface area (Å²) >= 11 is 0. The van der Waals surface area contributed by atoms with E-state index < -0.39 is 5.92 Å². The predicted molar refractivity (Wildman–Crippen MR) is 59.0 cm³/mol. The summed E-state index contributed by atoms with van der Waals surface area (Å²) in [7, 11) is 0. The van der Waals surface area contributed by atoms with Crippen molar-refractivity contribution in [3.63, 3.8) is 0 Å². The van der Waals surface area contributed by atoms with Crippen LogP contribution in [0.1, 0.15) is 46.0 Å². The van der Waals surface area contributed by atoms with Crippen LogP contribution in [0.2, 0.25) is 0 Å². The number of amides is 1. The highest BCUT2D eigenvalue weighted by atomic mass is 16.1. The maximum absolute atomic E-state index is 11.7. The molecule has 0 aliphatic heterocycles. The minimum atomic E-state index is -0.453. The van der Waals surface area contributed by atoms with Gasteiger partial charge in [-0.1, -0.05) is 20.3 Å². The van der Waals surface area contributed by atoms with Gasteiger partial charge in [-0.3, -0.25) is 4.79 Å². The molecule has 0 saturated heterocycles. The molecule has 3 heteroatoms. The van der Waals surface area contributed by atoms with Crippen LogP contribution >= 0.6 is 0 Å². The Morgan fingerprint density at radius 2 is 2.33 bits per heavy atom. The molecule has 1 aliphatic rings. The van der Waals surface area contributed by atoms with Gasteiger partial charge < -0.3 is 5.32 Å². The largest absolute Gasteiger partial charge is 0.352 e. The van der Waals surface area contributed by atoms with Gasteiger partial charge in [0.15, 0.2) is 0 Å². The van der Waals surface area contributed by atoms with Gasteiger partial charge in [-0.05, 0) is 31.6 Å². The molecule has 3 atom stereocenters. The van der Waals surface area contributed by atoms with Crippen molar-refractivity contribution in [1.82, 2.24) is 5.32 Å². The fourth-order valence-corrected chi connectivity index (χ4v) is 2.18. The third-order valence-electron chi connectivity index (χ3n) is 3.09. The lowest BCUT2D eigenvalue weighted by Gasteiger charge is -2.14. The highest BCUT2D eigenvalue weighted by molar-refractivity contribution is 5.81. The summed E-state index contributed by atoms with van der Waals surface area (Å²) in [6, 6.07) is 2.38. The normalized spacial score (nSPS) is 27.0. The number of hydrogen-bond donors (Lipinski definition) is 1. The first-order valence-corrected chi connectivity index (χ1v) is 5.87. The minimum Gasteiger partial charge on any atom is -0.352 e. The molecule has 3 nitrogen and oxygen atoms in total. The maximum Gasteiger partial charge on any atom is 0.237 e. The van der Waals surface area contributed by atoms with E-state index in [0.717, 1.165) is 19.3 Å². The predicted octanol–water partition coefficient (Wildman–Crippen LogP) is 2.23. The molecule has 0 radical (unpaired) electrons. The highest BCUT2D eigenvalue weighted by Crippen LogP contribution is 2.24. The lowest BCUT2D eigenvalue weighted by atomic mass is 10.0. The van der Waals surface area contributed by atoms with E-state index in [-0.39, 0.29) is 5.91 Å². The molecule has 0 aromatic rings. The van der Waals surface area contributed by atoms with E-state index in [1.807, 2.05) is 6.92 Å². The molecule has 1 amide bonds. The summed E-state index contributed by atoms with van der Waals surface area (Å²) in [6.07, 6.45) is 4.88. The molecular weight excluding hydrogens is 188 g/mol. The number of nitrogens with one attached hydrogen (secondary N) is 1. The third-order valence-corrected chi connectivity index (χ3v) is 3.09. The van der Waals surface area contributed by atoms with Crippen molar-refractivity contribution in [2.45, 2.75) is 52.0 Å². The minimum absolute atomic E-state index is 0.0709. The van der Waals surface area contributed by atoms with E-state index in [0.29, 0.717) is 18.4 Å². The Morgan fingerprint density at radius 1 is 1.60 bits per heavy atom. The molecule has 15 heavy (non-hydrogen) atoms. The molecule has 0 aromatic carbocycles. The summed E-state index contributed by atoms with van der Waals surface area (Å²) < 4.78 is 0. The average molecular weight is 208 g/mol. The standard InChI is InChI=1S/C12H20N2O/c1-3-4-10(8-13)12(15)14-11-6-5-9(2)7-11/h9-11H,3-7H2,1-2H3,(H,14,15). The lowest BCUT2D eigenvalue weighted by molar-refractivity contribution is -0.124. The first-order chi connectivity index (χ1) is 7.17. The van der Waals surface area contributed by atoms with Gasteiger partial charge in [-0.25, -0.2) is 0 Å². The van der Waals surface area contributed by atoms with E-state index in [1.165, 1.54) is 6.42 Å². The van der Waals surface area contributed by atoms with Crippen molar-refractivity contribution in [3.05, 3.63) is 0 Å². The van der Waals surface area contributed by atoms with E-state index in [1.54, 1.807) is 0 Å².